The van der Waals surface area contributed by atoms with E-state index in [9.17, 15) is 9.59 Å². The Morgan fingerprint density at radius 2 is 1.77 bits per heavy atom. The molecule has 4 N–H and O–H groups in total. The average Bonchev–Trinajstić information content (AvgIpc) is 3.05. The van der Waals surface area contributed by atoms with E-state index < -0.39 is 7.12 Å². The monoisotopic (exact) mass is 302 g/mol. The Morgan fingerprint density at radius 1 is 1.05 bits per heavy atom. The second kappa shape index (κ2) is 7.44. The number of carbonyl (C=O) groups excluding carboxylic acids is 2. The maximum atomic E-state index is 11.9. The summed E-state index contributed by atoms with van der Waals surface area (Å²) >= 11 is 0. The molecule has 0 bridgehead atoms. The Labute approximate surface area is 127 Å². The van der Waals surface area contributed by atoms with Crippen molar-refractivity contribution in [1.82, 2.24) is 10.6 Å². The van der Waals surface area contributed by atoms with Crippen molar-refractivity contribution in [3.05, 3.63) is 54.0 Å². The summed E-state index contributed by atoms with van der Waals surface area (Å²) in [5.74, 6) is -0.518. The molecule has 0 unspecified atom stereocenters. The molecular weight excluding hydrogens is 287 g/mol. The van der Waals surface area contributed by atoms with Crippen molar-refractivity contribution < 1.29 is 24.1 Å². The Kier molecular flexibility index (Phi) is 5.34. The zero-order valence-corrected chi connectivity index (χ0v) is 11.7. The molecule has 2 aromatic rings. The van der Waals surface area contributed by atoms with Crippen LogP contribution in [0.5, 0.6) is 0 Å². The minimum absolute atomic E-state index is 0.205. The second-order valence-electron chi connectivity index (χ2n) is 4.49. The van der Waals surface area contributed by atoms with Gasteiger partial charge in [0.2, 0.25) is 0 Å². The Balaban J connectivity index is 1.78. The van der Waals surface area contributed by atoms with Crippen molar-refractivity contribution in [2.75, 3.05) is 13.1 Å². The summed E-state index contributed by atoms with van der Waals surface area (Å²) in [7, 11) is -1.62. The number of hydrogen-bond donors (Lipinski definition) is 4. The lowest BCUT2D eigenvalue weighted by Crippen LogP contribution is -2.35. The Bertz CT molecular complexity index is 642. The maximum absolute atomic E-state index is 11.9. The van der Waals surface area contributed by atoms with Crippen molar-refractivity contribution in [2.45, 2.75) is 0 Å². The van der Waals surface area contributed by atoms with Crippen LogP contribution in [-0.4, -0.2) is 42.1 Å². The van der Waals surface area contributed by atoms with E-state index in [4.69, 9.17) is 14.5 Å². The standard InChI is InChI=1S/C14H15BN2O5/c18-13(10-3-1-4-11(9-10)15(20)21)16-6-7-17-14(19)12-5-2-8-22-12/h1-5,8-9,20-21H,6-7H2,(H,16,18)(H,17,19). The molecule has 1 heterocycles. The molecule has 0 saturated carbocycles. The van der Waals surface area contributed by atoms with E-state index in [0.717, 1.165) is 0 Å². The molecule has 1 aromatic carbocycles. The smallest absolute Gasteiger partial charge is 0.459 e. The normalized spacial score (nSPS) is 10.1. The van der Waals surface area contributed by atoms with Gasteiger partial charge in [0.15, 0.2) is 5.76 Å². The summed E-state index contributed by atoms with van der Waals surface area (Å²) in [5.41, 5.74) is 0.543. The van der Waals surface area contributed by atoms with Gasteiger partial charge in [-0.15, -0.1) is 0 Å². The molecule has 0 radical (unpaired) electrons. The van der Waals surface area contributed by atoms with E-state index >= 15 is 0 Å². The van der Waals surface area contributed by atoms with E-state index in [1.54, 1.807) is 24.3 Å². The second-order valence-corrected chi connectivity index (χ2v) is 4.49. The summed E-state index contributed by atoms with van der Waals surface area (Å²) in [6.45, 7) is 0.477. The fourth-order valence-corrected chi connectivity index (χ4v) is 1.79. The quantitative estimate of drug-likeness (QED) is 0.409. The molecule has 1 aromatic heterocycles. The minimum atomic E-state index is -1.62. The molecule has 0 spiro atoms. The molecule has 0 aliphatic carbocycles. The fourth-order valence-electron chi connectivity index (χ4n) is 1.79. The zero-order valence-electron chi connectivity index (χ0n) is 11.7. The number of benzene rings is 1. The van der Waals surface area contributed by atoms with Crippen molar-refractivity contribution in [2.24, 2.45) is 0 Å². The molecule has 0 saturated heterocycles. The highest BCUT2D eigenvalue weighted by Crippen LogP contribution is 1.99. The first-order valence-electron chi connectivity index (χ1n) is 6.64. The molecule has 8 heteroatoms. The number of carbonyl (C=O) groups is 2. The molecule has 2 rings (SSSR count). The minimum Gasteiger partial charge on any atom is -0.459 e. The first-order valence-corrected chi connectivity index (χ1v) is 6.64. The third kappa shape index (κ3) is 4.21. The SMILES string of the molecule is O=C(NCCNC(=O)c1ccco1)c1cccc(B(O)O)c1. The lowest BCUT2D eigenvalue weighted by Gasteiger charge is -2.07. The van der Waals surface area contributed by atoms with Crippen LogP contribution in [0.2, 0.25) is 0 Å². The van der Waals surface area contributed by atoms with Crippen molar-refractivity contribution in [3.63, 3.8) is 0 Å². The topological polar surface area (TPSA) is 112 Å². The van der Waals surface area contributed by atoms with Gasteiger partial charge >= 0.3 is 7.12 Å². The molecule has 7 nitrogen and oxygen atoms in total. The van der Waals surface area contributed by atoms with E-state index in [2.05, 4.69) is 10.6 Å². The van der Waals surface area contributed by atoms with Gasteiger partial charge in [0.25, 0.3) is 11.8 Å². The first kappa shape index (κ1) is 15.8. The highest BCUT2D eigenvalue weighted by atomic mass is 16.4. The summed E-state index contributed by atoms with van der Waals surface area (Å²) in [4.78, 5) is 23.5. The van der Waals surface area contributed by atoms with Gasteiger partial charge in [-0.3, -0.25) is 9.59 Å². The van der Waals surface area contributed by atoms with Gasteiger partial charge in [0, 0.05) is 18.7 Å². The molecule has 0 fully saturated rings. The largest absolute Gasteiger partial charge is 0.488 e. The Morgan fingerprint density at radius 3 is 2.41 bits per heavy atom. The summed E-state index contributed by atoms with van der Waals surface area (Å²) < 4.78 is 4.93. The van der Waals surface area contributed by atoms with Crippen molar-refractivity contribution >= 4 is 24.4 Å². The van der Waals surface area contributed by atoms with Crippen LogP contribution in [0, 0.1) is 0 Å². The lowest BCUT2D eigenvalue weighted by atomic mass is 9.79. The Hall–Kier alpha value is -2.58. The third-order valence-electron chi connectivity index (χ3n) is 2.89. The predicted molar refractivity (Wildman–Crippen MR) is 79.6 cm³/mol. The van der Waals surface area contributed by atoms with Gasteiger partial charge < -0.3 is 25.1 Å². The van der Waals surface area contributed by atoms with E-state index in [0.29, 0.717) is 5.56 Å². The summed E-state index contributed by atoms with van der Waals surface area (Å²) in [6, 6.07) is 9.16. The first-order chi connectivity index (χ1) is 10.6. The average molecular weight is 302 g/mol. The molecule has 114 valence electrons. The molecule has 0 aliphatic rings. The van der Waals surface area contributed by atoms with E-state index in [1.165, 1.54) is 18.4 Å². The molecule has 0 aliphatic heterocycles. The summed E-state index contributed by atoms with van der Waals surface area (Å²) in [5, 5.41) is 23.3. The van der Waals surface area contributed by atoms with Crippen LogP contribution in [0.1, 0.15) is 20.9 Å². The van der Waals surface area contributed by atoms with Crippen LogP contribution >= 0.6 is 0 Å². The van der Waals surface area contributed by atoms with Crippen molar-refractivity contribution in [1.29, 1.82) is 0 Å². The van der Waals surface area contributed by atoms with Crippen molar-refractivity contribution in [3.8, 4) is 0 Å². The van der Waals surface area contributed by atoms with Gasteiger partial charge in [-0.1, -0.05) is 12.1 Å². The van der Waals surface area contributed by atoms with Crippen LogP contribution in [0.25, 0.3) is 0 Å². The van der Waals surface area contributed by atoms with Gasteiger partial charge in [-0.05, 0) is 29.7 Å². The van der Waals surface area contributed by atoms with Crippen LogP contribution < -0.4 is 16.1 Å². The lowest BCUT2D eigenvalue weighted by molar-refractivity contribution is 0.0910. The van der Waals surface area contributed by atoms with Crippen LogP contribution in [0.15, 0.2) is 47.1 Å². The fraction of sp³-hybridized carbons (Fsp3) is 0.143. The molecule has 22 heavy (non-hydrogen) atoms. The third-order valence-corrected chi connectivity index (χ3v) is 2.89. The summed E-state index contributed by atoms with van der Waals surface area (Å²) in [6.07, 6.45) is 1.40. The van der Waals surface area contributed by atoms with E-state index in [1.807, 2.05) is 0 Å². The van der Waals surface area contributed by atoms with E-state index in [-0.39, 0.29) is 36.1 Å². The van der Waals surface area contributed by atoms with Gasteiger partial charge in [0.05, 0.1) is 6.26 Å². The molecule has 2 amide bonds. The van der Waals surface area contributed by atoms with Crippen LogP contribution in [-0.2, 0) is 0 Å². The van der Waals surface area contributed by atoms with Gasteiger partial charge in [-0.25, -0.2) is 0 Å². The zero-order chi connectivity index (χ0) is 15.9. The number of rotatable bonds is 6. The van der Waals surface area contributed by atoms with Crippen LogP contribution in [0.3, 0.4) is 0 Å². The number of nitrogens with one attached hydrogen (secondary N) is 2. The molecule has 0 atom stereocenters. The molecular formula is C14H15BN2O5. The predicted octanol–water partition coefficient (Wildman–Crippen LogP) is -0.881. The highest BCUT2D eigenvalue weighted by Gasteiger charge is 2.13. The van der Waals surface area contributed by atoms with Gasteiger partial charge in [-0.2, -0.15) is 0 Å². The number of amides is 2. The number of hydrogen-bond acceptors (Lipinski definition) is 5. The number of furan rings is 1. The maximum Gasteiger partial charge on any atom is 0.488 e. The van der Waals surface area contributed by atoms with Crippen LogP contribution in [0.4, 0.5) is 0 Å². The van der Waals surface area contributed by atoms with Gasteiger partial charge in [0.1, 0.15) is 0 Å². The highest BCUT2D eigenvalue weighted by molar-refractivity contribution is 6.58.